The van der Waals surface area contributed by atoms with Gasteiger partial charge in [-0.15, -0.1) is 0 Å². The van der Waals surface area contributed by atoms with Gasteiger partial charge < -0.3 is 17.1 Å². The molecule has 0 spiro atoms. The van der Waals surface area contributed by atoms with Crippen molar-refractivity contribution in [1.29, 1.82) is 0 Å². The standard InChI is InChI=1S/C17H22NO.ClH/c1-4-18(2,3)17(15-11-7-5-8-12-15)19-16-13-9-6-10-14-16;/h5-14,17H,4H2,1-3H3;1H/q+1;/p-1. The van der Waals surface area contributed by atoms with Crippen LogP contribution in [-0.2, 0) is 0 Å². The van der Waals surface area contributed by atoms with E-state index in [4.69, 9.17) is 4.74 Å². The summed E-state index contributed by atoms with van der Waals surface area (Å²) in [6, 6.07) is 20.4. The van der Waals surface area contributed by atoms with Gasteiger partial charge in [-0.2, -0.15) is 0 Å². The number of halogens is 1. The molecule has 108 valence electrons. The Kier molecular flexibility index (Phi) is 6.05. The van der Waals surface area contributed by atoms with E-state index in [1.54, 1.807) is 0 Å². The highest BCUT2D eigenvalue weighted by Gasteiger charge is 2.30. The Hall–Kier alpha value is -1.51. The summed E-state index contributed by atoms with van der Waals surface area (Å²) in [5, 5.41) is 0. The maximum Gasteiger partial charge on any atom is 0.259 e. The van der Waals surface area contributed by atoms with Crippen molar-refractivity contribution in [3.05, 3.63) is 66.2 Å². The highest BCUT2D eigenvalue weighted by atomic mass is 35.5. The number of rotatable bonds is 5. The minimum absolute atomic E-state index is 0. The molecule has 0 radical (unpaired) electrons. The zero-order valence-corrected chi connectivity index (χ0v) is 13.0. The Labute approximate surface area is 128 Å². The van der Waals surface area contributed by atoms with E-state index in [1.165, 1.54) is 5.56 Å². The van der Waals surface area contributed by atoms with E-state index in [1.807, 2.05) is 36.4 Å². The van der Waals surface area contributed by atoms with Crippen LogP contribution in [0.3, 0.4) is 0 Å². The van der Waals surface area contributed by atoms with E-state index >= 15 is 0 Å². The molecule has 2 aromatic rings. The summed E-state index contributed by atoms with van der Waals surface area (Å²) in [4.78, 5) is 0. The summed E-state index contributed by atoms with van der Waals surface area (Å²) in [5.74, 6) is 0.913. The number of benzene rings is 2. The molecule has 2 rings (SSSR count). The van der Waals surface area contributed by atoms with Gasteiger partial charge in [0.15, 0.2) is 0 Å². The summed E-state index contributed by atoms with van der Waals surface area (Å²) in [5.41, 5.74) is 1.21. The fraction of sp³-hybridized carbons (Fsp3) is 0.294. The molecule has 0 aromatic heterocycles. The lowest BCUT2D eigenvalue weighted by Crippen LogP contribution is -3.00. The van der Waals surface area contributed by atoms with Crippen LogP contribution in [0.1, 0.15) is 18.7 Å². The predicted molar refractivity (Wildman–Crippen MR) is 78.9 cm³/mol. The second-order valence-corrected chi connectivity index (χ2v) is 5.29. The molecule has 1 unspecified atom stereocenters. The number of hydrogen-bond donors (Lipinski definition) is 0. The fourth-order valence-electron chi connectivity index (χ4n) is 2.03. The molecule has 0 bridgehead atoms. The zero-order valence-electron chi connectivity index (χ0n) is 12.3. The van der Waals surface area contributed by atoms with Crippen LogP contribution >= 0.6 is 0 Å². The number of quaternary nitrogens is 1. The van der Waals surface area contributed by atoms with E-state index in [0.717, 1.165) is 16.8 Å². The van der Waals surface area contributed by atoms with E-state index in [0.29, 0.717) is 0 Å². The lowest BCUT2D eigenvalue weighted by atomic mass is 10.1. The van der Waals surface area contributed by atoms with Crippen LogP contribution in [0.2, 0.25) is 0 Å². The number of nitrogens with zero attached hydrogens (tertiary/aromatic N) is 1. The lowest BCUT2D eigenvalue weighted by molar-refractivity contribution is -0.938. The van der Waals surface area contributed by atoms with Crippen LogP contribution < -0.4 is 17.1 Å². The molecule has 0 aliphatic carbocycles. The molecule has 0 N–H and O–H groups in total. The van der Waals surface area contributed by atoms with Crippen molar-refractivity contribution in [2.45, 2.75) is 13.2 Å². The molecular formula is C17H22ClNO. The Morgan fingerprint density at radius 1 is 0.900 bits per heavy atom. The quantitative estimate of drug-likeness (QED) is 0.587. The fourth-order valence-corrected chi connectivity index (χ4v) is 2.03. The first-order chi connectivity index (χ1) is 9.13. The van der Waals surface area contributed by atoms with Gasteiger partial charge in [0.2, 0.25) is 0 Å². The van der Waals surface area contributed by atoms with E-state index < -0.39 is 0 Å². The van der Waals surface area contributed by atoms with E-state index in [2.05, 4.69) is 45.3 Å². The third-order valence-corrected chi connectivity index (χ3v) is 3.53. The third kappa shape index (κ3) is 3.99. The highest BCUT2D eigenvalue weighted by molar-refractivity contribution is 5.23. The van der Waals surface area contributed by atoms with Crippen molar-refractivity contribution >= 4 is 0 Å². The summed E-state index contributed by atoms with van der Waals surface area (Å²) >= 11 is 0. The SMILES string of the molecule is CC[N+](C)(C)C(Oc1ccccc1)c1ccccc1.[Cl-]. The topological polar surface area (TPSA) is 9.23 Å². The predicted octanol–water partition coefficient (Wildman–Crippen LogP) is 0.864. The van der Waals surface area contributed by atoms with Crippen molar-refractivity contribution in [1.82, 2.24) is 0 Å². The van der Waals surface area contributed by atoms with Gasteiger partial charge in [-0.1, -0.05) is 36.4 Å². The summed E-state index contributed by atoms with van der Waals surface area (Å²) < 4.78 is 7.02. The van der Waals surface area contributed by atoms with Crippen molar-refractivity contribution in [2.75, 3.05) is 20.6 Å². The van der Waals surface area contributed by atoms with Gasteiger partial charge >= 0.3 is 0 Å². The smallest absolute Gasteiger partial charge is 0.259 e. The molecule has 2 aromatic carbocycles. The van der Waals surface area contributed by atoms with Gasteiger partial charge in [0, 0.05) is 0 Å². The van der Waals surface area contributed by atoms with Gasteiger partial charge in [0.25, 0.3) is 6.23 Å². The number of ether oxygens (including phenoxy) is 1. The number of hydrogen-bond acceptors (Lipinski definition) is 1. The molecule has 0 aliphatic heterocycles. The highest BCUT2D eigenvalue weighted by Crippen LogP contribution is 2.28. The Balaban J connectivity index is 0.00000200. The van der Waals surface area contributed by atoms with Gasteiger partial charge in [-0.05, 0) is 31.2 Å². The molecule has 1 atom stereocenters. The van der Waals surface area contributed by atoms with E-state index in [9.17, 15) is 0 Å². The molecule has 3 heteroatoms. The van der Waals surface area contributed by atoms with Crippen LogP contribution in [-0.4, -0.2) is 25.1 Å². The molecule has 20 heavy (non-hydrogen) atoms. The van der Waals surface area contributed by atoms with Gasteiger partial charge in [-0.25, -0.2) is 0 Å². The average molecular weight is 292 g/mol. The second-order valence-electron chi connectivity index (χ2n) is 5.29. The second kappa shape index (κ2) is 7.32. The monoisotopic (exact) mass is 291 g/mol. The largest absolute Gasteiger partial charge is 1.00 e. The summed E-state index contributed by atoms with van der Waals surface area (Å²) in [6.07, 6.45) is 0.00796. The van der Waals surface area contributed by atoms with Crippen LogP contribution in [0.5, 0.6) is 5.75 Å². The minimum Gasteiger partial charge on any atom is -1.00 e. The van der Waals surface area contributed by atoms with Crippen LogP contribution in [0.15, 0.2) is 60.7 Å². The van der Waals surface area contributed by atoms with Crippen molar-refractivity contribution in [3.63, 3.8) is 0 Å². The normalized spacial score (nSPS) is 12.3. The molecule has 0 fully saturated rings. The van der Waals surface area contributed by atoms with Crippen LogP contribution in [0.4, 0.5) is 0 Å². The van der Waals surface area contributed by atoms with Gasteiger partial charge in [0.1, 0.15) is 5.75 Å². The first-order valence-electron chi connectivity index (χ1n) is 6.73. The molecule has 0 heterocycles. The zero-order chi connectivity index (χ0) is 13.7. The van der Waals surface area contributed by atoms with Crippen LogP contribution in [0.25, 0.3) is 0 Å². The van der Waals surface area contributed by atoms with Crippen molar-refractivity contribution in [3.8, 4) is 5.75 Å². The molecule has 0 saturated heterocycles. The van der Waals surface area contributed by atoms with Gasteiger partial charge in [0.05, 0.1) is 26.2 Å². The Morgan fingerprint density at radius 2 is 1.40 bits per heavy atom. The number of para-hydroxylation sites is 1. The summed E-state index contributed by atoms with van der Waals surface area (Å²) in [6.45, 7) is 3.19. The minimum atomic E-state index is 0. The third-order valence-electron chi connectivity index (χ3n) is 3.53. The van der Waals surface area contributed by atoms with Crippen LogP contribution in [0, 0.1) is 0 Å². The first kappa shape index (κ1) is 16.5. The van der Waals surface area contributed by atoms with Crippen molar-refractivity contribution in [2.24, 2.45) is 0 Å². The first-order valence-corrected chi connectivity index (χ1v) is 6.73. The maximum absolute atomic E-state index is 6.23. The Bertz CT molecular complexity index is 499. The Morgan fingerprint density at radius 3 is 1.90 bits per heavy atom. The summed E-state index contributed by atoms with van der Waals surface area (Å²) in [7, 11) is 4.39. The molecule has 0 aliphatic rings. The van der Waals surface area contributed by atoms with E-state index in [-0.39, 0.29) is 18.6 Å². The van der Waals surface area contributed by atoms with Crippen molar-refractivity contribution < 1.29 is 21.6 Å². The van der Waals surface area contributed by atoms with Gasteiger partial charge in [-0.3, -0.25) is 4.48 Å². The average Bonchev–Trinajstić information content (AvgIpc) is 2.46. The maximum atomic E-state index is 6.23. The molecule has 0 amide bonds. The molecule has 2 nitrogen and oxygen atoms in total. The lowest BCUT2D eigenvalue weighted by Gasteiger charge is -2.36. The molecular weight excluding hydrogens is 270 g/mol. The molecule has 0 saturated carbocycles.